The molecule has 6 heteroatoms. The van der Waals surface area contributed by atoms with E-state index in [0.717, 1.165) is 135 Å². The SMILES string of the molecule is CC/C=C\C/C=C\C/C=C\C/C=C\C/C=C\C/C=C\C/C=C\CCCCCCCCCCCC(=O)OCC(COC(=O)CCCC/C=C\C/C=C\C/C=C\C/C=C\CC)OC(=O)CCCCCCCCC/C=C\CCCCCCCCC. The lowest BCUT2D eigenvalue weighted by Gasteiger charge is -2.18. The van der Waals surface area contributed by atoms with Crippen molar-refractivity contribution in [3.63, 3.8) is 0 Å². The zero-order valence-corrected chi connectivity index (χ0v) is 53.2. The Balaban J connectivity index is 4.36. The minimum atomic E-state index is -0.807. The summed E-state index contributed by atoms with van der Waals surface area (Å²) in [5, 5.41) is 0. The summed E-state index contributed by atoms with van der Waals surface area (Å²) < 4.78 is 16.9. The van der Waals surface area contributed by atoms with Gasteiger partial charge in [-0.3, -0.25) is 14.4 Å². The number of carbonyl (C=O) groups is 3. The van der Waals surface area contributed by atoms with Crippen molar-refractivity contribution in [2.45, 2.75) is 303 Å². The van der Waals surface area contributed by atoms with Crippen molar-refractivity contribution >= 4 is 17.9 Å². The van der Waals surface area contributed by atoms with Crippen molar-refractivity contribution in [2.75, 3.05) is 13.2 Å². The van der Waals surface area contributed by atoms with Crippen molar-refractivity contribution in [3.8, 4) is 0 Å². The predicted octanol–water partition coefficient (Wildman–Crippen LogP) is 23.5. The molecule has 0 aliphatic rings. The third kappa shape index (κ3) is 66.1. The zero-order valence-electron chi connectivity index (χ0n) is 53.2. The van der Waals surface area contributed by atoms with Crippen LogP contribution < -0.4 is 0 Å². The number of esters is 3. The molecule has 0 amide bonds. The molecule has 464 valence electrons. The number of carbonyl (C=O) groups excluding carboxylic acids is 3. The number of rotatable bonds is 60. The lowest BCUT2D eigenvalue weighted by molar-refractivity contribution is -0.167. The van der Waals surface area contributed by atoms with Gasteiger partial charge >= 0.3 is 17.9 Å². The van der Waals surface area contributed by atoms with Gasteiger partial charge in [-0.15, -0.1) is 0 Å². The van der Waals surface area contributed by atoms with Gasteiger partial charge in [-0.25, -0.2) is 0 Å². The van der Waals surface area contributed by atoms with E-state index in [1.54, 1.807) is 0 Å². The van der Waals surface area contributed by atoms with Crippen LogP contribution in [0.4, 0.5) is 0 Å². The Morgan fingerprint density at radius 2 is 0.476 bits per heavy atom. The molecule has 0 aromatic carbocycles. The van der Waals surface area contributed by atoms with Crippen LogP contribution in [0.2, 0.25) is 0 Å². The minimum absolute atomic E-state index is 0.0999. The van der Waals surface area contributed by atoms with E-state index >= 15 is 0 Å². The summed E-state index contributed by atoms with van der Waals surface area (Å²) >= 11 is 0. The normalized spacial score (nSPS) is 13.1. The molecule has 0 aromatic rings. The highest BCUT2D eigenvalue weighted by Crippen LogP contribution is 2.15. The number of unbranched alkanes of at least 4 members (excludes halogenated alkanes) is 25. The second-order valence-electron chi connectivity index (χ2n) is 22.0. The van der Waals surface area contributed by atoms with Crippen molar-refractivity contribution < 1.29 is 28.6 Å². The van der Waals surface area contributed by atoms with Crippen molar-refractivity contribution in [1.82, 2.24) is 0 Å². The fourth-order valence-corrected chi connectivity index (χ4v) is 9.06. The average Bonchev–Trinajstić information content (AvgIpc) is 3.47. The second-order valence-corrected chi connectivity index (χ2v) is 22.0. The first-order valence-electron chi connectivity index (χ1n) is 33.8. The first kappa shape index (κ1) is 77.3. The predicted molar refractivity (Wildman–Crippen MR) is 357 cm³/mol. The van der Waals surface area contributed by atoms with Crippen LogP contribution in [0, 0.1) is 0 Å². The van der Waals surface area contributed by atoms with Gasteiger partial charge in [0.2, 0.25) is 0 Å². The standard InChI is InChI=1S/C76H124O6/c1-4-7-10-13-16-19-22-25-28-30-32-33-34-35-36-37-38-39-40-41-42-43-44-46-48-51-54-57-60-63-66-69-75(78)81-72-73(71-80-74(77)68-65-62-59-56-53-50-47-27-24-21-18-15-12-9-6-3)82-76(79)70-67-64-61-58-55-52-49-45-31-29-26-23-20-17-14-11-8-5-2/h7,9-10,12,16,18-19,21,25,27-29,31-33,35-36,38-39,41-42,47,53,56,73H,4-6,8,11,13-15,17,20,22-24,26,30,34,37,40,43-46,48-52,54-55,57-72H2,1-3H3/b10-7-,12-9-,19-16-,21-18-,28-25-,31-29-,33-32-,36-35-,39-38-,42-41-,47-27-,56-53-. The summed E-state index contributed by atoms with van der Waals surface area (Å²) in [6.45, 7) is 6.38. The molecular weight excluding hydrogens is 1010 g/mol. The van der Waals surface area contributed by atoms with Crippen molar-refractivity contribution in [1.29, 1.82) is 0 Å². The highest BCUT2D eigenvalue weighted by atomic mass is 16.6. The van der Waals surface area contributed by atoms with Crippen molar-refractivity contribution in [2.24, 2.45) is 0 Å². The Bertz CT molecular complexity index is 1780. The third-order valence-corrected chi connectivity index (χ3v) is 14.1. The third-order valence-electron chi connectivity index (χ3n) is 14.1. The molecule has 1 atom stereocenters. The molecule has 0 saturated carbocycles. The highest BCUT2D eigenvalue weighted by molar-refractivity contribution is 5.71. The highest BCUT2D eigenvalue weighted by Gasteiger charge is 2.19. The lowest BCUT2D eigenvalue weighted by Crippen LogP contribution is -2.30. The second kappa shape index (κ2) is 68.8. The Labute approximate surface area is 506 Å². The molecule has 0 fully saturated rings. The monoisotopic (exact) mass is 1130 g/mol. The molecule has 0 spiro atoms. The van der Waals surface area contributed by atoms with E-state index < -0.39 is 6.10 Å². The smallest absolute Gasteiger partial charge is 0.306 e. The van der Waals surface area contributed by atoms with Crippen LogP contribution in [0.15, 0.2) is 146 Å². The largest absolute Gasteiger partial charge is 0.462 e. The molecular formula is C76H124O6. The van der Waals surface area contributed by atoms with Crippen LogP contribution in [-0.4, -0.2) is 37.2 Å². The molecule has 0 bridgehead atoms. The van der Waals surface area contributed by atoms with Gasteiger partial charge < -0.3 is 14.2 Å². The molecule has 0 radical (unpaired) electrons. The fourth-order valence-electron chi connectivity index (χ4n) is 9.06. The van der Waals surface area contributed by atoms with Gasteiger partial charge in [0.05, 0.1) is 0 Å². The lowest BCUT2D eigenvalue weighted by atomic mass is 10.1. The van der Waals surface area contributed by atoms with Gasteiger partial charge in [0.1, 0.15) is 13.2 Å². The first-order chi connectivity index (χ1) is 40.5. The van der Waals surface area contributed by atoms with Crippen LogP contribution in [-0.2, 0) is 28.6 Å². The number of hydrogen-bond donors (Lipinski definition) is 0. The Morgan fingerprint density at radius 1 is 0.256 bits per heavy atom. The van der Waals surface area contributed by atoms with Gasteiger partial charge in [-0.1, -0.05) is 282 Å². The first-order valence-corrected chi connectivity index (χ1v) is 33.8. The summed E-state index contributed by atoms with van der Waals surface area (Å²) in [6.07, 6.45) is 98.6. The molecule has 0 rings (SSSR count). The van der Waals surface area contributed by atoms with Crippen LogP contribution in [0.25, 0.3) is 0 Å². The minimum Gasteiger partial charge on any atom is -0.462 e. The zero-order chi connectivity index (χ0) is 59.2. The van der Waals surface area contributed by atoms with E-state index in [1.807, 2.05) is 0 Å². The summed E-state index contributed by atoms with van der Waals surface area (Å²) in [6, 6.07) is 0. The molecule has 1 unspecified atom stereocenters. The van der Waals surface area contributed by atoms with Crippen LogP contribution in [0.5, 0.6) is 0 Å². The maximum Gasteiger partial charge on any atom is 0.306 e. The van der Waals surface area contributed by atoms with Gasteiger partial charge in [0.15, 0.2) is 6.10 Å². The van der Waals surface area contributed by atoms with Crippen LogP contribution in [0.1, 0.15) is 297 Å². The Kier molecular flexibility index (Phi) is 64.8. The van der Waals surface area contributed by atoms with Crippen molar-refractivity contribution in [3.05, 3.63) is 146 Å². The molecule has 0 N–H and O–H groups in total. The number of hydrogen-bond acceptors (Lipinski definition) is 6. The molecule has 0 aliphatic heterocycles. The van der Waals surface area contributed by atoms with Gasteiger partial charge in [-0.05, 0) is 141 Å². The van der Waals surface area contributed by atoms with Crippen LogP contribution >= 0.6 is 0 Å². The Hall–Kier alpha value is -4.71. The van der Waals surface area contributed by atoms with E-state index in [0.29, 0.717) is 19.3 Å². The molecule has 6 nitrogen and oxygen atoms in total. The molecule has 0 saturated heterocycles. The molecule has 0 aromatic heterocycles. The summed E-state index contributed by atoms with van der Waals surface area (Å²) in [5.41, 5.74) is 0. The van der Waals surface area contributed by atoms with E-state index in [1.165, 1.54) is 122 Å². The van der Waals surface area contributed by atoms with Gasteiger partial charge in [0, 0.05) is 19.3 Å². The summed E-state index contributed by atoms with van der Waals surface area (Å²) in [5.74, 6) is -0.949. The van der Waals surface area contributed by atoms with E-state index in [9.17, 15) is 14.4 Å². The summed E-state index contributed by atoms with van der Waals surface area (Å²) in [4.78, 5) is 38.4. The Morgan fingerprint density at radius 3 is 0.780 bits per heavy atom. The maximum absolute atomic E-state index is 12.9. The summed E-state index contributed by atoms with van der Waals surface area (Å²) in [7, 11) is 0. The van der Waals surface area contributed by atoms with Gasteiger partial charge in [0.25, 0.3) is 0 Å². The van der Waals surface area contributed by atoms with E-state index in [4.69, 9.17) is 14.2 Å². The molecule has 82 heavy (non-hydrogen) atoms. The average molecular weight is 1130 g/mol. The molecule has 0 heterocycles. The van der Waals surface area contributed by atoms with Gasteiger partial charge in [-0.2, -0.15) is 0 Å². The number of allylic oxidation sites excluding steroid dienone is 24. The van der Waals surface area contributed by atoms with E-state index in [2.05, 4.69) is 167 Å². The van der Waals surface area contributed by atoms with Crippen LogP contribution in [0.3, 0.4) is 0 Å². The van der Waals surface area contributed by atoms with E-state index in [-0.39, 0.29) is 31.1 Å². The molecule has 0 aliphatic carbocycles. The maximum atomic E-state index is 12.9. The number of ether oxygens (including phenoxy) is 3. The quantitative estimate of drug-likeness (QED) is 0.0261. The fraction of sp³-hybridized carbons (Fsp3) is 0.645. The topological polar surface area (TPSA) is 78.9 Å².